The molecule has 1 aromatic rings. The van der Waals surface area contributed by atoms with E-state index in [9.17, 15) is 0 Å². The smallest absolute Gasteiger partial charge is 0.0435 e. The molecule has 0 aliphatic carbocycles. The second-order valence-electron chi connectivity index (χ2n) is 5.04. The normalized spacial score (nSPS) is 19.6. The highest BCUT2D eigenvalue weighted by Gasteiger charge is 2.28. The SMILES string of the molecule is Cc1c(C)c(C)c2c(c1C)C(C)CN2C. The summed E-state index contributed by atoms with van der Waals surface area (Å²) in [6.45, 7) is 12.5. The van der Waals surface area contributed by atoms with Crippen LogP contribution in [0.1, 0.15) is 40.7 Å². The summed E-state index contributed by atoms with van der Waals surface area (Å²) in [5.41, 5.74) is 8.99. The van der Waals surface area contributed by atoms with Gasteiger partial charge in [0.05, 0.1) is 0 Å². The zero-order chi connectivity index (χ0) is 11.3. The molecule has 15 heavy (non-hydrogen) atoms. The number of rotatable bonds is 0. The van der Waals surface area contributed by atoms with Crippen molar-refractivity contribution in [1.29, 1.82) is 0 Å². The lowest BCUT2D eigenvalue weighted by Crippen LogP contribution is -2.15. The van der Waals surface area contributed by atoms with Gasteiger partial charge in [0.1, 0.15) is 0 Å². The first-order valence-electron chi connectivity index (χ1n) is 5.76. The fourth-order valence-corrected chi connectivity index (χ4v) is 3.01. The van der Waals surface area contributed by atoms with E-state index in [4.69, 9.17) is 0 Å². The predicted molar refractivity (Wildman–Crippen MR) is 67.1 cm³/mol. The topological polar surface area (TPSA) is 3.24 Å². The number of anilines is 1. The molecule has 0 aromatic heterocycles. The van der Waals surface area contributed by atoms with E-state index in [2.05, 4.69) is 46.6 Å². The molecule has 0 saturated heterocycles. The van der Waals surface area contributed by atoms with E-state index in [0.29, 0.717) is 5.92 Å². The van der Waals surface area contributed by atoms with Gasteiger partial charge in [0.2, 0.25) is 0 Å². The molecule has 1 aromatic carbocycles. The Morgan fingerprint density at radius 3 is 2.07 bits per heavy atom. The average Bonchev–Trinajstić information content (AvgIpc) is 2.47. The van der Waals surface area contributed by atoms with Gasteiger partial charge in [-0.25, -0.2) is 0 Å². The van der Waals surface area contributed by atoms with Gasteiger partial charge < -0.3 is 4.90 Å². The first kappa shape index (κ1) is 10.5. The van der Waals surface area contributed by atoms with Gasteiger partial charge in [0.25, 0.3) is 0 Å². The third-order valence-electron chi connectivity index (χ3n) is 4.12. The van der Waals surface area contributed by atoms with Gasteiger partial charge in [0, 0.05) is 25.2 Å². The van der Waals surface area contributed by atoms with Gasteiger partial charge in [-0.1, -0.05) is 6.92 Å². The van der Waals surface area contributed by atoms with Crippen LogP contribution in [-0.2, 0) is 0 Å². The van der Waals surface area contributed by atoms with Gasteiger partial charge in [-0.2, -0.15) is 0 Å². The average molecular weight is 203 g/mol. The molecule has 0 spiro atoms. The van der Waals surface area contributed by atoms with Gasteiger partial charge in [-0.05, 0) is 55.5 Å². The monoisotopic (exact) mass is 203 g/mol. The second-order valence-corrected chi connectivity index (χ2v) is 5.04. The largest absolute Gasteiger partial charge is 0.374 e. The molecule has 1 aliphatic heterocycles. The van der Waals surface area contributed by atoms with Crippen LogP contribution in [0.15, 0.2) is 0 Å². The highest BCUT2D eigenvalue weighted by atomic mass is 15.1. The van der Waals surface area contributed by atoms with Gasteiger partial charge in [-0.15, -0.1) is 0 Å². The highest BCUT2D eigenvalue weighted by Crippen LogP contribution is 2.42. The lowest BCUT2D eigenvalue weighted by molar-refractivity contribution is 0.792. The van der Waals surface area contributed by atoms with Crippen LogP contribution < -0.4 is 4.90 Å². The van der Waals surface area contributed by atoms with Crippen LogP contribution in [-0.4, -0.2) is 13.6 Å². The lowest BCUT2D eigenvalue weighted by Gasteiger charge is -2.20. The Morgan fingerprint density at radius 1 is 0.933 bits per heavy atom. The summed E-state index contributed by atoms with van der Waals surface area (Å²) in [5, 5.41) is 0. The van der Waals surface area contributed by atoms with Crippen LogP contribution in [0.5, 0.6) is 0 Å². The van der Waals surface area contributed by atoms with Gasteiger partial charge in [0.15, 0.2) is 0 Å². The molecule has 1 heterocycles. The van der Waals surface area contributed by atoms with E-state index in [1.807, 2.05) is 0 Å². The summed E-state index contributed by atoms with van der Waals surface area (Å²) in [6.07, 6.45) is 0. The van der Waals surface area contributed by atoms with E-state index in [1.54, 1.807) is 5.56 Å². The maximum Gasteiger partial charge on any atom is 0.0435 e. The second kappa shape index (κ2) is 3.26. The number of nitrogens with zero attached hydrogens (tertiary/aromatic N) is 1. The molecule has 1 aliphatic rings. The Morgan fingerprint density at radius 2 is 1.47 bits per heavy atom. The van der Waals surface area contributed by atoms with Gasteiger partial charge in [-0.3, -0.25) is 0 Å². The summed E-state index contributed by atoms with van der Waals surface area (Å²) in [5.74, 6) is 0.683. The first-order valence-corrected chi connectivity index (χ1v) is 5.76. The van der Waals surface area contributed by atoms with Crippen molar-refractivity contribution in [1.82, 2.24) is 0 Å². The first-order chi connectivity index (χ1) is 6.95. The molecule has 82 valence electrons. The standard InChI is InChI=1S/C14H21N/c1-8-7-15(6)14-12(5)10(3)9(2)11(4)13(8)14/h8H,7H2,1-6H3. The maximum atomic E-state index is 2.41. The van der Waals surface area contributed by atoms with E-state index in [0.717, 1.165) is 0 Å². The van der Waals surface area contributed by atoms with E-state index >= 15 is 0 Å². The molecular formula is C14H21N. The quantitative estimate of drug-likeness (QED) is 0.624. The molecule has 1 heteroatoms. The van der Waals surface area contributed by atoms with Crippen LogP contribution in [0.2, 0.25) is 0 Å². The zero-order valence-electron chi connectivity index (χ0n) is 10.7. The summed E-state index contributed by atoms with van der Waals surface area (Å²) < 4.78 is 0. The van der Waals surface area contributed by atoms with E-state index in [-0.39, 0.29) is 0 Å². The maximum absolute atomic E-state index is 2.41. The van der Waals surface area contributed by atoms with Crippen molar-refractivity contribution in [3.05, 3.63) is 27.8 Å². The molecular weight excluding hydrogens is 182 g/mol. The summed E-state index contributed by atoms with van der Waals surface area (Å²) in [4.78, 5) is 2.41. The number of hydrogen-bond acceptors (Lipinski definition) is 1. The van der Waals surface area contributed by atoms with Crippen LogP contribution in [0.3, 0.4) is 0 Å². The van der Waals surface area contributed by atoms with Crippen molar-refractivity contribution in [2.45, 2.75) is 40.5 Å². The number of hydrogen-bond donors (Lipinski definition) is 0. The molecule has 1 nitrogen and oxygen atoms in total. The molecule has 0 N–H and O–H groups in total. The van der Waals surface area contributed by atoms with Gasteiger partial charge >= 0.3 is 0 Å². The predicted octanol–water partition coefficient (Wildman–Crippen LogP) is 3.47. The molecule has 0 fully saturated rings. The summed E-state index contributed by atoms with van der Waals surface area (Å²) >= 11 is 0. The lowest BCUT2D eigenvalue weighted by atomic mass is 9.89. The van der Waals surface area contributed by atoms with Crippen molar-refractivity contribution in [2.24, 2.45) is 0 Å². The number of benzene rings is 1. The fraction of sp³-hybridized carbons (Fsp3) is 0.571. The minimum absolute atomic E-state index is 0.683. The molecule has 2 rings (SSSR count). The van der Waals surface area contributed by atoms with Crippen molar-refractivity contribution < 1.29 is 0 Å². The molecule has 0 bridgehead atoms. The van der Waals surface area contributed by atoms with Crippen molar-refractivity contribution in [2.75, 3.05) is 18.5 Å². The van der Waals surface area contributed by atoms with Crippen LogP contribution >= 0.6 is 0 Å². The molecule has 0 amide bonds. The van der Waals surface area contributed by atoms with E-state index < -0.39 is 0 Å². The van der Waals surface area contributed by atoms with Crippen molar-refractivity contribution >= 4 is 5.69 Å². The summed E-state index contributed by atoms with van der Waals surface area (Å²) in [6, 6.07) is 0. The fourth-order valence-electron chi connectivity index (χ4n) is 3.01. The highest BCUT2D eigenvalue weighted by molar-refractivity contribution is 5.70. The Balaban J connectivity index is 2.80. The van der Waals surface area contributed by atoms with Crippen molar-refractivity contribution in [3.63, 3.8) is 0 Å². The van der Waals surface area contributed by atoms with Crippen LogP contribution in [0, 0.1) is 27.7 Å². The van der Waals surface area contributed by atoms with E-state index in [1.165, 1.54) is 34.5 Å². The van der Waals surface area contributed by atoms with Crippen LogP contribution in [0.4, 0.5) is 5.69 Å². The Kier molecular flexibility index (Phi) is 2.29. The Hall–Kier alpha value is -0.980. The third-order valence-corrected chi connectivity index (χ3v) is 4.12. The molecule has 1 atom stereocenters. The molecule has 0 saturated carbocycles. The third kappa shape index (κ3) is 1.29. The minimum atomic E-state index is 0.683. The number of fused-ring (bicyclic) bond motifs is 1. The minimum Gasteiger partial charge on any atom is -0.374 e. The molecule has 1 unspecified atom stereocenters. The number of likely N-dealkylation sites (N-methyl/N-ethyl adjacent to an activating group) is 1. The van der Waals surface area contributed by atoms with Crippen LogP contribution in [0.25, 0.3) is 0 Å². The Labute approximate surface area is 93.1 Å². The Bertz CT molecular complexity index is 379. The summed E-state index contributed by atoms with van der Waals surface area (Å²) in [7, 11) is 2.21. The molecule has 0 radical (unpaired) electrons. The van der Waals surface area contributed by atoms with Crippen molar-refractivity contribution in [3.8, 4) is 0 Å². The zero-order valence-corrected chi connectivity index (χ0v) is 10.7.